The predicted molar refractivity (Wildman–Crippen MR) is 64.8 cm³/mol. The van der Waals surface area contributed by atoms with Gasteiger partial charge >= 0.3 is 5.97 Å². The second-order valence-electron chi connectivity index (χ2n) is 4.34. The Hall–Kier alpha value is -2.30. The smallest absolute Gasteiger partial charge is 0.372 e. The number of hydrogen-bond donors (Lipinski definition) is 1. The van der Waals surface area contributed by atoms with Crippen LogP contribution in [0, 0.1) is 11.7 Å². The van der Waals surface area contributed by atoms with Gasteiger partial charge in [0.05, 0.1) is 5.92 Å². The number of halogens is 1. The van der Waals surface area contributed by atoms with E-state index in [1.54, 1.807) is 12.1 Å². The van der Waals surface area contributed by atoms with Gasteiger partial charge in [-0.3, -0.25) is 9.59 Å². The lowest BCUT2D eigenvalue weighted by atomic mass is 9.83. The highest BCUT2D eigenvalue weighted by molar-refractivity contribution is 6.38. The van der Waals surface area contributed by atoms with Crippen molar-refractivity contribution in [2.45, 2.75) is 12.8 Å². The average molecular weight is 262 g/mol. The van der Waals surface area contributed by atoms with Crippen molar-refractivity contribution in [1.29, 1.82) is 0 Å². The maximum absolute atomic E-state index is 12.8. The van der Waals surface area contributed by atoms with Crippen LogP contribution in [-0.2, 0) is 14.4 Å². The van der Waals surface area contributed by atoms with E-state index in [1.807, 2.05) is 0 Å². The Kier molecular flexibility index (Phi) is 3.55. The van der Waals surface area contributed by atoms with E-state index in [4.69, 9.17) is 5.11 Å². The van der Waals surface area contributed by atoms with E-state index < -0.39 is 23.5 Å². The molecule has 0 amide bonds. The second kappa shape index (κ2) is 5.14. The average Bonchev–Trinajstić information content (AvgIpc) is 2.38. The number of carbonyl (C=O) groups is 3. The lowest BCUT2D eigenvalue weighted by Crippen LogP contribution is -2.31. The van der Waals surface area contributed by atoms with Crippen LogP contribution in [-0.4, -0.2) is 22.6 Å². The summed E-state index contributed by atoms with van der Waals surface area (Å²) in [5.41, 5.74) is 1.40. The Labute approximate surface area is 108 Å². The van der Waals surface area contributed by atoms with Crippen molar-refractivity contribution in [3.05, 3.63) is 41.7 Å². The van der Waals surface area contributed by atoms with Crippen LogP contribution in [0.15, 0.2) is 30.3 Å². The second-order valence-corrected chi connectivity index (χ2v) is 4.34. The molecule has 1 N–H and O–H groups in total. The van der Waals surface area contributed by atoms with Crippen LogP contribution in [0.5, 0.6) is 0 Å². The SMILES string of the molecule is O=C(O)C(=O)C1CCC(c2ccc(F)cc2)=CC1=O. The van der Waals surface area contributed by atoms with E-state index in [1.165, 1.54) is 18.2 Å². The van der Waals surface area contributed by atoms with Crippen LogP contribution in [0.3, 0.4) is 0 Å². The standard InChI is InChI=1S/C14H11FO4/c15-10-4-1-8(2-5-10)9-3-6-11(12(16)7-9)13(17)14(18)19/h1-2,4-5,7,11H,3,6H2,(H,18,19). The van der Waals surface area contributed by atoms with E-state index >= 15 is 0 Å². The molecule has 19 heavy (non-hydrogen) atoms. The van der Waals surface area contributed by atoms with Gasteiger partial charge in [-0.1, -0.05) is 12.1 Å². The van der Waals surface area contributed by atoms with Gasteiger partial charge in [-0.2, -0.15) is 0 Å². The van der Waals surface area contributed by atoms with Crippen LogP contribution in [0.2, 0.25) is 0 Å². The third-order valence-corrected chi connectivity index (χ3v) is 3.10. The highest BCUT2D eigenvalue weighted by Gasteiger charge is 2.33. The zero-order chi connectivity index (χ0) is 14.0. The minimum atomic E-state index is -1.59. The van der Waals surface area contributed by atoms with Crippen LogP contribution in [0.1, 0.15) is 18.4 Å². The Balaban J connectivity index is 2.22. The number of carbonyl (C=O) groups excluding carboxylic acids is 2. The molecule has 1 aromatic rings. The predicted octanol–water partition coefficient (Wildman–Crippen LogP) is 1.84. The fourth-order valence-electron chi connectivity index (χ4n) is 2.09. The first kappa shape index (κ1) is 13.1. The summed E-state index contributed by atoms with van der Waals surface area (Å²) < 4.78 is 12.8. The molecule has 0 aromatic heterocycles. The summed E-state index contributed by atoms with van der Waals surface area (Å²) in [5, 5.41) is 8.60. The molecule has 0 radical (unpaired) electrons. The van der Waals surface area contributed by atoms with Crippen molar-refractivity contribution in [3.8, 4) is 0 Å². The van der Waals surface area contributed by atoms with Crippen molar-refractivity contribution < 1.29 is 23.9 Å². The highest BCUT2D eigenvalue weighted by atomic mass is 19.1. The highest BCUT2D eigenvalue weighted by Crippen LogP contribution is 2.28. The third kappa shape index (κ3) is 2.76. The van der Waals surface area contributed by atoms with Crippen molar-refractivity contribution in [2.24, 2.45) is 5.92 Å². The molecule has 0 aliphatic heterocycles. The summed E-state index contributed by atoms with van der Waals surface area (Å²) in [7, 11) is 0. The molecular formula is C14H11FO4. The lowest BCUT2D eigenvalue weighted by molar-refractivity contribution is -0.152. The number of aliphatic carboxylic acids is 1. The van der Waals surface area contributed by atoms with Gasteiger partial charge in [0.15, 0.2) is 5.78 Å². The minimum absolute atomic E-state index is 0.174. The quantitative estimate of drug-likeness (QED) is 0.666. The van der Waals surface area contributed by atoms with Crippen LogP contribution >= 0.6 is 0 Å². The van der Waals surface area contributed by atoms with Crippen molar-refractivity contribution in [2.75, 3.05) is 0 Å². The monoisotopic (exact) mass is 262 g/mol. The molecule has 0 heterocycles. The first-order valence-electron chi connectivity index (χ1n) is 5.76. The van der Waals surface area contributed by atoms with Crippen LogP contribution in [0.25, 0.3) is 5.57 Å². The molecule has 98 valence electrons. The topological polar surface area (TPSA) is 71.4 Å². The molecule has 0 bridgehead atoms. The number of allylic oxidation sites excluding steroid dienone is 2. The van der Waals surface area contributed by atoms with Gasteiger partial charge in [0.25, 0.3) is 5.78 Å². The number of ketones is 2. The van der Waals surface area contributed by atoms with Crippen LogP contribution < -0.4 is 0 Å². The van der Waals surface area contributed by atoms with Gasteiger partial charge in [-0.15, -0.1) is 0 Å². The normalized spacial score (nSPS) is 18.9. The number of carboxylic acids is 1. The van der Waals surface area contributed by atoms with Gasteiger partial charge in [0.2, 0.25) is 0 Å². The van der Waals surface area contributed by atoms with E-state index in [0.717, 1.165) is 0 Å². The van der Waals surface area contributed by atoms with Gasteiger partial charge in [-0.25, -0.2) is 9.18 Å². The molecule has 1 aromatic carbocycles. The van der Waals surface area contributed by atoms with Crippen LogP contribution in [0.4, 0.5) is 4.39 Å². The Bertz CT molecular complexity index is 572. The van der Waals surface area contributed by atoms with Crippen molar-refractivity contribution in [3.63, 3.8) is 0 Å². The molecule has 1 aliphatic rings. The van der Waals surface area contributed by atoms with E-state index in [-0.39, 0.29) is 12.2 Å². The first-order chi connectivity index (χ1) is 8.99. The van der Waals surface area contributed by atoms with Crippen molar-refractivity contribution >= 4 is 23.1 Å². The molecule has 1 atom stereocenters. The number of hydrogen-bond acceptors (Lipinski definition) is 3. The summed E-state index contributed by atoms with van der Waals surface area (Å²) in [4.78, 5) is 33.6. The maximum atomic E-state index is 12.8. The molecule has 0 fully saturated rings. The third-order valence-electron chi connectivity index (χ3n) is 3.10. The minimum Gasteiger partial charge on any atom is -0.475 e. The summed E-state index contributed by atoms with van der Waals surface area (Å²) in [6, 6.07) is 5.67. The zero-order valence-corrected chi connectivity index (χ0v) is 9.93. The molecular weight excluding hydrogens is 251 g/mol. The molecule has 0 spiro atoms. The Morgan fingerprint density at radius 2 is 1.84 bits per heavy atom. The molecule has 1 unspecified atom stereocenters. The van der Waals surface area contributed by atoms with Gasteiger partial charge in [-0.05, 0) is 42.2 Å². The summed E-state index contributed by atoms with van der Waals surface area (Å²) >= 11 is 0. The fourth-order valence-corrected chi connectivity index (χ4v) is 2.09. The molecule has 2 rings (SSSR count). The van der Waals surface area contributed by atoms with Gasteiger partial charge < -0.3 is 5.11 Å². The molecule has 5 heteroatoms. The Morgan fingerprint density at radius 1 is 1.21 bits per heavy atom. The number of Topliss-reactive ketones (excluding diaryl/α,β-unsaturated/α-hetero) is 1. The van der Waals surface area contributed by atoms with Crippen molar-refractivity contribution in [1.82, 2.24) is 0 Å². The number of carboxylic acid groups (broad SMARTS) is 1. The number of rotatable bonds is 3. The largest absolute Gasteiger partial charge is 0.475 e. The fraction of sp³-hybridized carbons (Fsp3) is 0.214. The molecule has 4 nitrogen and oxygen atoms in total. The zero-order valence-electron chi connectivity index (χ0n) is 9.93. The first-order valence-corrected chi connectivity index (χ1v) is 5.76. The molecule has 1 aliphatic carbocycles. The summed E-state index contributed by atoms with van der Waals surface area (Å²) in [6.45, 7) is 0. The Morgan fingerprint density at radius 3 is 2.37 bits per heavy atom. The lowest BCUT2D eigenvalue weighted by Gasteiger charge is -2.18. The molecule has 0 saturated heterocycles. The van der Waals surface area contributed by atoms with E-state index in [9.17, 15) is 18.8 Å². The van der Waals surface area contributed by atoms with Gasteiger partial charge in [0, 0.05) is 0 Å². The summed E-state index contributed by atoms with van der Waals surface area (Å²) in [5.74, 6) is -4.62. The van der Waals surface area contributed by atoms with E-state index in [0.29, 0.717) is 17.6 Å². The summed E-state index contributed by atoms with van der Waals surface area (Å²) in [6.07, 6.45) is 1.87. The molecule has 0 saturated carbocycles. The maximum Gasteiger partial charge on any atom is 0.372 e. The number of benzene rings is 1. The van der Waals surface area contributed by atoms with E-state index in [2.05, 4.69) is 0 Å². The van der Waals surface area contributed by atoms with Gasteiger partial charge in [0.1, 0.15) is 5.82 Å².